The van der Waals surface area contributed by atoms with Gasteiger partial charge >= 0.3 is 0 Å². The number of hydrogen-bond acceptors (Lipinski definition) is 0. The second-order valence-electron chi connectivity index (χ2n) is 3.75. The van der Waals surface area contributed by atoms with Crippen LogP contribution in [0.2, 0.25) is 0 Å². The summed E-state index contributed by atoms with van der Waals surface area (Å²) < 4.78 is 39.5. The van der Waals surface area contributed by atoms with Gasteiger partial charge in [0.25, 0.3) is 0 Å². The average molecular weight is 230 g/mol. The van der Waals surface area contributed by atoms with Gasteiger partial charge in [0.2, 0.25) is 0 Å². The van der Waals surface area contributed by atoms with Crippen LogP contribution in [0.4, 0.5) is 13.2 Å². The molecule has 3 aromatic carbocycles. The minimum absolute atomic E-state index is 0.333. The zero-order valence-electron chi connectivity index (χ0n) is 8.52. The molecule has 0 heterocycles. The Morgan fingerprint density at radius 3 is 2.53 bits per heavy atom. The summed E-state index contributed by atoms with van der Waals surface area (Å²) in [4.78, 5) is 0. The predicted molar refractivity (Wildman–Crippen MR) is 59.0 cm³/mol. The lowest BCUT2D eigenvalue weighted by atomic mass is 10.0. The van der Waals surface area contributed by atoms with Crippen molar-refractivity contribution in [3.8, 4) is 0 Å². The normalized spacial score (nSPS) is 11.2. The zero-order chi connectivity index (χ0) is 12.0. The molecular weight excluding hydrogens is 225 g/mol. The molecule has 0 saturated carbocycles. The molecule has 0 N–H and O–H groups in total. The highest BCUT2D eigenvalue weighted by molar-refractivity contribution is 5.98. The Kier molecular flexibility index (Phi) is 2.08. The van der Waals surface area contributed by atoms with Crippen molar-refractivity contribution < 1.29 is 13.2 Å². The summed E-state index contributed by atoms with van der Waals surface area (Å²) in [6, 6.07) is 11.9. The van der Waals surface area contributed by atoms with Gasteiger partial charge in [-0.1, -0.05) is 12.1 Å². The van der Waals surface area contributed by atoms with E-state index in [4.69, 9.17) is 0 Å². The number of fused-ring (bicyclic) bond motifs is 2. The van der Waals surface area contributed by atoms with Gasteiger partial charge in [-0.05, 0) is 34.4 Å². The van der Waals surface area contributed by atoms with E-state index < -0.39 is 17.5 Å². The van der Waals surface area contributed by atoms with E-state index in [1.807, 2.05) is 0 Å². The number of hydrogen-bond donors (Lipinski definition) is 0. The Labute approximate surface area is 95.3 Å². The molecule has 3 rings (SSSR count). The topological polar surface area (TPSA) is 0 Å². The minimum Gasteiger partial charge on any atom is -0.206 e. The molecule has 3 aromatic rings. The SMILES string of the molecule is Fc1[c]c2cc3cc[c]c(F)c3cc2cc1F. The van der Waals surface area contributed by atoms with Crippen LogP contribution < -0.4 is 0 Å². The maximum absolute atomic E-state index is 13.5. The van der Waals surface area contributed by atoms with E-state index in [0.29, 0.717) is 21.5 Å². The highest BCUT2D eigenvalue weighted by atomic mass is 19.2. The lowest BCUT2D eigenvalue weighted by Crippen LogP contribution is -1.86. The number of rotatable bonds is 0. The van der Waals surface area contributed by atoms with E-state index in [2.05, 4.69) is 12.1 Å². The standard InChI is InChI=1S/C14H5F3/c15-12-3-1-2-8-4-9-6-13(16)14(17)7-10(9)5-11(8)12/h1-2,4-5,7H. The summed E-state index contributed by atoms with van der Waals surface area (Å²) in [5.74, 6) is -2.52. The molecule has 0 atom stereocenters. The first-order valence-corrected chi connectivity index (χ1v) is 4.96. The van der Waals surface area contributed by atoms with Crippen molar-refractivity contribution in [3.63, 3.8) is 0 Å². The van der Waals surface area contributed by atoms with Crippen molar-refractivity contribution in [2.75, 3.05) is 0 Å². The molecular formula is C14H5F3. The zero-order valence-corrected chi connectivity index (χ0v) is 8.52. The van der Waals surface area contributed by atoms with Crippen molar-refractivity contribution in [1.82, 2.24) is 0 Å². The fraction of sp³-hybridized carbons (Fsp3) is 0. The Balaban J connectivity index is 2.48. The molecule has 17 heavy (non-hydrogen) atoms. The summed E-state index contributed by atoms with van der Waals surface area (Å²) in [6.45, 7) is 0. The van der Waals surface area contributed by atoms with Gasteiger partial charge in [0.1, 0.15) is 5.82 Å². The van der Waals surface area contributed by atoms with Crippen LogP contribution in [0.1, 0.15) is 0 Å². The quantitative estimate of drug-likeness (QED) is 0.512. The third kappa shape index (κ3) is 1.55. The van der Waals surface area contributed by atoms with E-state index in [1.54, 1.807) is 12.1 Å². The molecule has 0 unspecified atom stereocenters. The van der Waals surface area contributed by atoms with Gasteiger partial charge in [-0.2, -0.15) is 0 Å². The van der Waals surface area contributed by atoms with Crippen LogP contribution in [0.3, 0.4) is 0 Å². The Hall–Kier alpha value is -2.03. The van der Waals surface area contributed by atoms with Crippen LogP contribution in [0.25, 0.3) is 21.5 Å². The maximum atomic E-state index is 13.5. The van der Waals surface area contributed by atoms with Gasteiger partial charge in [-0.15, -0.1) is 0 Å². The summed E-state index contributed by atoms with van der Waals surface area (Å²) in [5, 5.41) is 1.77. The fourth-order valence-corrected chi connectivity index (χ4v) is 1.85. The Morgan fingerprint density at radius 1 is 0.882 bits per heavy atom. The van der Waals surface area contributed by atoms with E-state index >= 15 is 0 Å². The van der Waals surface area contributed by atoms with Crippen LogP contribution >= 0.6 is 0 Å². The third-order valence-electron chi connectivity index (χ3n) is 2.67. The van der Waals surface area contributed by atoms with Crippen LogP contribution in [-0.4, -0.2) is 0 Å². The third-order valence-corrected chi connectivity index (χ3v) is 2.67. The Bertz CT molecular complexity index is 732. The molecule has 0 saturated heterocycles. The van der Waals surface area contributed by atoms with E-state index in [1.165, 1.54) is 12.1 Å². The van der Waals surface area contributed by atoms with E-state index in [9.17, 15) is 13.2 Å². The van der Waals surface area contributed by atoms with Gasteiger partial charge < -0.3 is 0 Å². The molecule has 0 amide bonds. The average Bonchev–Trinajstić information content (AvgIpc) is 2.29. The van der Waals surface area contributed by atoms with Gasteiger partial charge in [0.15, 0.2) is 11.6 Å². The smallest absolute Gasteiger partial charge is 0.167 e. The summed E-state index contributed by atoms with van der Waals surface area (Å²) in [5.41, 5.74) is 0. The van der Waals surface area contributed by atoms with Crippen molar-refractivity contribution in [1.29, 1.82) is 0 Å². The van der Waals surface area contributed by atoms with Crippen molar-refractivity contribution >= 4 is 21.5 Å². The lowest BCUT2D eigenvalue weighted by Gasteiger charge is -2.03. The molecule has 0 aromatic heterocycles. The van der Waals surface area contributed by atoms with Gasteiger partial charge in [0.05, 0.1) is 0 Å². The molecule has 0 spiro atoms. The monoisotopic (exact) mass is 230 g/mol. The molecule has 0 aliphatic rings. The van der Waals surface area contributed by atoms with Gasteiger partial charge in [-0.25, -0.2) is 13.2 Å². The van der Waals surface area contributed by atoms with Crippen LogP contribution in [0.5, 0.6) is 0 Å². The van der Waals surface area contributed by atoms with Gasteiger partial charge in [0, 0.05) is 17.5 Å². The Morgan fingerprint density at radius 2 is 1.71 bits per heavy atom. The van der Waals surface area contributed by atoms with Crippen LogP contribution in [-0.2, 0) is 0 Å². The first-order chi connectivity index (χ1) is 8.15. The molecule has 2 radical (unpaired) electrons. The molecule has 0 fully saturated rings. The molecule has 3 heteroatoms. The fourth-order valence-electron chi connectivity index (χ4n) is 1.85. The van der Waals surface area contributed by atoms with Crippen LogP contribution in [0.15, 0.2) is 30.3 Å². The van der Waals surface area contributed by atoms with Crippen molar-refractivity contribution in [2.45, 2.75) is 0 Å². The summed E-state index contributed by atoms with van der Waals surface area (Å²) in [6.07, 6.45) is 0. The van der Waals surface area contributed by atoms with E-state index in [0.717, 1.165) is 6.07 Å². The first kappa shape index (κ1) is 10.1. The molecule has 0 aliphatic carbocycles. The highest BCUT2D eigenvalue weighted by Crippen LogP contribution is 2.25. The van der Waals surface area contributed by atoms with Crippen LogP contribution in [0, 0.1) is 29.6 Å². The van der Waals surface area contributed by atoms with Crippen molar-refractivity contribution in [2.24, 2.45) is 0 Å². The first-order valence-electron chi connectivity index (χ1n) is 4.96. The highest BCUT2D eigenvalue weighted by Gasteiger charge is 2.07. The molecule has 82 valence electrons. The molecule has 0 bridgehead atoms. The number of benzene rings is 3. The minimum atomic E-state index is -1.03. The van der Waals surface area contributed by atoms with Crippen molar-refractivity contribution in [3.05, 3.63) is 59.9 Å². The molecule has 0 nitrogen and oxygen atoms in total. The maximum Gasteiger partial charge on any atom is 0.167 e. The summed E-state index contributed by atoms with van der Waals surface area (Å²) >= 11 is 0. The second-order valence-corrected chi connectivity index (χ2v) is 3.75. The summed E-state index contributed by atoms with van der Waals surface area (Å²) in [7, 11) is 0. The predicted octanol–water partition coefficient (Wildman–Crippen LogP) is 4.01. The van der Waals surface area contributed by atoms with E-state index in [-0.39, 0.29) is 0 Å². The number of halogens is 3. The largest absolute Gasteiger partial charge is 0.206 e. The molecule has 0 aliphatic heterocycles. The lowest BCUT2D eigenvalue weighted by molar-refractivity contribution is 0.509. The van der Waals surface area contributed by atoms with Gasteiger partial charge in [-0.3, -0.25) is 0 Å². The second kappa shape index (κ2) is 3.48.